The quantitative estimate of drug-likeness (QED) is 0.797. The van der Waals surface area contributed by atoms with Crippen molar-refractivity contribution in [2.75, 3.05) is 45.0 Å². The van der Waals surface area contributed by atoms with E-state index in [1.165, 1.54) is 4.90 Å². The van der Waals surface area contributed by atoms with E-state index in [0.717, 1.165) is 25.4 Å². The zero-order valence-corrected chi connectivity index (χ0v) is 12.9. The van der Waals surface area contributed by atoms with Crippen LogP contribution in [0.3, 0.4) is 0 Å². The van der Waals surface area contributed by atoms with Crippen molar-refractivity contribution < 1.29 is 13.2 Å². The summed E-state index contributed by atoms with van der Waals surface area (Å²) in [7, 11) is 0. The van der Waals surface area contributed by atoms with E-state index >= 15 is 0 Å². The van der Waals surface area contributed by atoms with Crippen molar-refractivity contribution in [3.63, 3.8) is 0 Å². The number of piperazine rings is 1. The first-order valence-corrected chi connectivity index (χ1v) is 7.37. The molecule has 0 amide bonds. The molecule has 0 aromatic heterocycles. The number of thiol groups is 1. The molecule has 114 valence electrons. The summed E-state index contributed by atoms with van der Waals surface area (Å²) < 4.78 is 36.9. The molecule has 0 radical (unpaired) electrons. The molecule has 0 N–H and O–H groups in total. The Kier molecular flexibility index (Phi) is 6.01. The second-order valence-corrected chi connectivity index (χ2v) is 6.80. The van der Waals surface area contributed by atoms with Crippen LogP contribution in [0.4, 0.5) is 13.2 Å². The van der Waals surface area contributed by atoms with E-state index in [1.807, 2.05) is 0 Å². The predicted octanol–water partition coefficient (Wildman–Crippen LogP) is 2.76. The fourth-order valence-electron chi connectivity index (χ4n) is 2.30. The van der Waals surface area contributed by atoms with Crippen LogP contribution in [0.2, 0.25) is 0 Å². The van der Waals surface area contributed by atoms with Crippen LogP contribution in [-0.2, 0) is 0 Å². The van der Waals surface area contributed by atoms with Crippen LogP contribution in [0.5, 0.6) is 0 Å². The Morgan fingerprint density at radius 3 is 1.84 bits per heavy atom. The maximum absolute atomic E-state index is 12.3. The van der Waals surface area contributed by atoms with Gasteiger partial charge in [0.05, 0.1) is 6.54 Å². The summed E-state index contributed by atoms with van der Waals surface area (Å²) in [6, 6.07) is 0. The van der Waals surface area contributed by atoms with Gasteiger partial charge in [-0.05, 0) is 17.1 Å². The molecular weight excluding hydrogens is 273 g/mol. The van der Waals surface area contributed by atoms with Gasteiger partial charge in [-0.15, -0.1) is 0 Å². The Balaban J connectivity index is 2.38. The van der Waals surface area contributed by atoms with Crippen molar-refractivity contribution in [2.45, 2.75) is 26.9 Å². The minimum atomic E-state index is -4.08. The van der Waals surface area contributed by atoms with E-state index in [4.69, 9.17) is 0 Å². The van der Waals surface area contributed by atoms with Gasteiger partial charge in [-0.25, -0.2) is 0 Å². The highest BCUT2D eigenvalue weighted by molar-refractivity contribution is 7.80. The van der Waals surface area contributed by atoms with Crippen LogP contribution in [0.25, 0.3) is 0 Å². The molecule has 0 spiro atoms. The molecule has 1 unspecified atom stereocenters. The minimum absolute atomic E-state index is 0.185. The van der Waals surface area contributed by atoms with Gasteiger partial charge in [-0.2, -0.15) is 25.8 Å². The van der Waals surface area contributed by atoms with Gasteiger partial charge in [0.25, 0.3) is 0 Å². The van der Waals surface area contributed by atoms with Gasteiger partial charge in [0.15, 0.2) is 0 Å². The van der Waals surface area contributed by atoms with Crippen molar-refractivity contribution in [2.24, 2.45) is 11.3 Å². The third-order valence-electron chi connectivity index (χ3n) is 3.79. The Morgan fingerprint density at radius 1 is 1.00 bits per heavy atom. The smallest absolute Gasteiger partial charge is 0.300 e. The molecule has 2 nitrogen and oxygen atoms in total. The van der Waals surface area contributed by atoms with Crippen molar-refractivity contribution in [3.8, 4) is 0 Å². The van der Waals surface area contributed by atoms with Crippen LogP contribution in [0, 0.1) is 11.3 Å². The van der Waals surface area contributed by atoms with Gasteiger partial charge < -0.3 is 4.90 Å². The lowest BCUT2D eigenvalue weighted by molar-refractivity contribution is -0.149. The Hall–Kier alpha value is 0.0600. The second-order valence-electron chi connectivity index (χ2n) is 6.44. The molecule has 1 saturated heterocycles. The molecule has 19 heavy (non-hydrogen) atoms. The molecule has 1 heterocycles. The van der Waals surface area contributed by atoms with E-state index in [-0.39, 0.29) is 5.41 Å². The zero-order valence-electron chi connectivity index (χ0n) is 12.0. The summed E-state index contributed by atoms with van der Waals surface area (Å²) in [5, 5.41) is 0. The van der Waals surface area contributed by atoms with Crippen molar-refractivity contribution in [1.29, 1.82) is 0 Å². The van der Waals surface area contributed by atoms with E-state index in [1.54, 1.807) is 0 Å². The normalized spacial score (nSPS) is 21.6. The lowest BCUT2D eigenvalue weighted by Gasteiger charge is -2.39. The molecule has 1 fully saturated rings. The number of hydrogen-bond acceptors (Lipinski definition) is 3. The van der Waals surface area contributed by atoms with Crippen LogP contribution in [0.15, 0.2) is 0 Å². The average molecular weight is 298 g/mol. The molecule has 1 aliphatic rings. The predicted molar refractivity (Wildman–Crippen MR) is 75.7 cm³/mol. The van der Waals surface area contributed by atoms with Crippen LogP contribution >= 0.6 is 12.6 Å². The third kappa shape index (κ3) is 6.36. The Bertz CT molecular complexity index is 268. The summed E-state index contributed by atoms with van der Waals surface area (Å²) in [6.45, 7) is 9.15. The molecule has 0 bridgehead atoms. The van der Waals surface area contributed by atoms with Gasteiger partial charge in [0.1, 0.15) is 0 Å². The topological polar surface area (TPSA) is 6.48 Å². The standard InChI is InChI=1S/C13H25F3N2S/c1-12(2,3)11(9-19)8-17-4-6-18(7-5-17)10-13(14,15)16/h11,19H,4-10H2,1-3H3. The summed E-state index contributed by atoms with van der Waals surface area (Å²) in [6.07, 6.45) is -4.08. The molecule has 0 aromatic carbocycles. The summed E-state index contributed by atoms with van der Waals surface area (Å²) >= 11 is 4.40. The van der Waals surface area contributed by atoms with Crippen LogP contribution < -0.4 is 0 Å². The monoisotopic (exact) mass is 298 g/mol. The van der Waals surface area contributed by atoms with E-state index < -0.39 is 12.7 Å². The first-order valence-electron chi connectivity index (χ1n) is 6.74. The number of nitrogens with zero attached hydrogens (tertiary/aromatic N) is 2. The molecule has 0 aliphatic carbocycles. The van der Waals surface area contributed by atoms with E-state index in [9.17, 15) is 13.2 Å². The van der Waals surface area contributed by atoms with Gasteiger partial charge >= 0.3 is 6.18 Å². The van der Waals surface area contributed by atoms with E-state index in [0.29, 0.717) is 19.0 Å². The maximum Gasteiger partial charge on any atom is 0.401 e. The minimum Gasteiger partial charge on any atom is -0.300 e. The van der Waals surface area contributed by atoms with Crippen LogP contribution in [-0.4, -0.2) is 61.0 Å². The van der Waals surface area contributed by atoms with Gasteiger partial charge in [-0.3, -0.25) is 4.90 Å². The molecule has 1 rings (SSSR count). The molecule has 0 aromatic rings. The Labute approximate surface area is 119 Å². The first kappa shape index (κ1) is 17.1. The van der Waals surface area contributed by atoms with Crippen molar-refractivity contribution in [3.05, 3.63) is 0 Å². The van der Waals surface area contributed by atoms with Crippen LogP contribution in [0.1, 0.15) is 20.8 Å². The molecule has 1 aliphatic heterocycles. The number of halogens is 3. The highest BCUT2D eigenvalue weighted by Crippen LogP contribution is 2.28. The van der Waals surface area contributed by atoms with Crippen molar-refractivity contribution >= 4 is 12.6 Å². The number of hydrogen-bond donors (Lipinski definition) is 1. The largest absolute Gasteiger partial charge is 0.401 e. The SMILES string of the molecule is CC(C)(C)C(CS)CN1CCN(CC(F)(F)F)CC1. The summed E-state index contributed by atoms with van der Waals surface area (Å²) in [5.74, 6) is 1.27. The Morgan fingerprint density at radius 2 is 1.47 bits per heavy atom. The van der Waals surface area contributed by atoms with Crippen molar-refractivity contribution in [1.82, 2.24) is 9.80 Å². The van der Waals surface area contributed by atoms with E-state index in [2.05, 4.69) is 38.3 Å². The maximum atomic E-state index is 12.3. The van der Waals surface area contributed by atoms with Gasteiger partial charge in [-0.1, -0.05) is 20.8 Å². The number of rotatable bonds is 4. The molecular formula is C13H25F3N2S. The fourth-order valence-corrected chi connectivity index (χ4v) is 2.96. The first-order chi connectivity index (χ1) is 8.62. The summed E-state index contributed by atoms with van der Waals surface area (Å²) in [5.41, 5.74) is 0.185. The lowest BCUT2D eigenvalue weighted by atomic mass is 9.81. The van der Waals surface area contributed by atoms with Gasteiger partial charge in [0, 0.05) is 32.7 Å². The highest BCUT2D eigenvalue weighted by atomic mass is 32.1. The lowest BCUT2D eigenvalue weighted by Crippen LogP contribution is -2.51. The van der Waals surface area contributed by atoms with Gasteiger partial charge in [0.2, 0.25) is 0 Å². The fraction of sp³-hybridized carbons (Fsp3) is 1.00. The summed E-state index contributed by atoms with van der Waals surface area (Å²) in [4.78, 5) is 3.75. The zero-order chi connectivity index (χ0) is 14.7. The molecule has 1 atom stereocenters. The number of alkyl halides is 3. The average Bonchev–Trinajstić information content (AvgIpc) is 2.24. The molecule has 6 heteroatoms. The highest BCUT2D eigenvalue weighted by Gasteiger charge is 2.33. The second kappa shape index (κ2) is 6.68. The third-order valence-corrected chi connectivity index (χ3v) is 4.23. The molecule has 0 saturated carbocycles.